The SMILES string of the molecule is CC(C)c1nc(CN(C)C(=O)Cn2ccc([C@H]3CCCNC3)n2)cs1. The van der Waals surface area contributed by atoms with E-state index in [9.17, 15) is 4.79 Å². The van der Waals surface area contributed by atoms with Gasteiger partial charge in [-0.1, -0.05) is 13.8 Å². The molecule has 1 saturated heterocycles. The van der Waals surface area contributed by atoms with Gasteiger partial charge in [-0.3, -0.25) is 9.48 Å². The number of nitrogens with one attached hydrogen (secondary N) is 1. The van der Waals surface area contributed by atoms with Crippen molar-refractivity contribution in [1.82, 2.24) is 25.0 Å². The summed E-state index contributed by atoms with van der Waals surface area (Å²) < 4.78 is 1.75. The van der Waals surface area contributed by atoms with E-state index in [0.29, 0.717) is 18.4 Å². The number of thiazole rings is 1. The van der Waals surface area contributed by atoms with E-state index >= 15 is 0 Å². The molecule has 0 unspecified atom stereocenters. The summed E-state index contributed by atoms with van der Waals surface area (Å²) in [6.45, 7) is 7.16. The van der Waals surface area contributed by atoms with Gasteiger partial charge >= 0.3 is 0 Å². The van der Waals surface area contributed by atoms with Gasteiger partial charge in [0.1, 0.15) is 6.54 Å². The van der Waals surface area contributed by atoms with Gasteiger partial charge in [0.25, 0.3) is 0 Å². The number of hydrogen-bond donors (Lipinski definition) is 1. The molecule has 1 amide bonds. The van der Waals surface area contributed by atoms with Gasteiger partial charge in [-0.2, -0.15) is 5.10 Å². The maximum absolute atomic E-state index is 12.5. The van der Waals surface area contributed by atoms with Crippen LogP contribution in [0.15, 0.2) is 17.6 Å². The number of nitrogens with zero attached hydrogens (tertiary/aromatic N) is 4. The Hall–Kier alpha value is -1.73. The molecule has 1 atom stereocenters. The average Bonchev–Trinajstić information content (AvgIpc) is 3.25. The molecule has 3 rings (SSSR count). The van der Waals surface area contributed by atoms with E-state index in [1.165, 1.54) is 12.8 Å². The van der Waals surface area contributed by atoms with Crippen molar-refractivity contribution in [2.45, 2.75) is 51.6 Å². The Kier molecular flexibility index (Phi) is 5.86. The van der Waals surface area contributed by atoms with Crippen LogP contribution in [0.4, 0.5) is 0 Å². The van der Waals surface area contributed by atoms with Gasteiger partial charge in [-0.25, -0.2) is 4.98 Å². The summed E-state index contributed by atoms with van der Waals surface area (Å²) in [5, 5.41) is 11.2. The van der Waals surface area contributed by atoms with Crippen LogP contribution in [0.1, 0.15) is 54.9 Å². The van der Waals surface area contributed by atoms with E-state index < -0.39 is 0 Å². The molecule has 1 aliphatic heterocycles. The molecule has 1 aliphatic rings. The van der Waals surface area contributed by atoms with E-state index in [2.05, 4.69) is 29.2 Å². The Labute approximate surface area is 153 Å². The lowest BCUT2D eigenvalue weighted by Crippen LogP contribution is -2.30. The predicted octanol–water partition coefficient (Wildman–Crippen LogP) is 2.59. The number of piperidine rings is 1. The number of carbonyl (C=O) groups excluding carboxylic acids is 1. The molecule has 25 heavy (non-hydrogen) atoms. The molecule has 2 aromatic rings. The largest absolute Gasteiger partial charge is 0.338 e. The number of hydrogen-bond acceptors (Lipinski definition) is 5. The number of amides is 1. The summed E-state index contributed by atoms with van der Waals surface area (Å²) in [5.74, 6) is 0.944. The first kappa shape index (κ1) is 18.1. The summed E-state index contributed by atoms with van der Waals surface area (Å²) in [6, 6.07) is 2.04. The fraction of sp³-hybridized carbons (Fsp3) is 0.611. The van der Waals surface area contributed by atoms with Crippen LogP contribution in [0, 0.1) is 0 Å². The third kappa shape index (κ3) is 4.67. The highest BCUT2D eigenvalue weighted by molar-refractivity contribution is 7.09. The van der Waals surface area contributed by atoms with Crippen molar-refractivity contribution in [3.8, 4) is 0 Å². The lowest BCUT2D eigenvalue weighted by Gasteiger charge is -2.20. The number of aromatic nitrogens is 3. The number of carbonyl (C=O) groups is 1. The molecule has 0 radical (unpaired) electrons. The molecule has 2 aromatic heterocycles. The van der Waals surface area contributed by atoms with Crippen LogP contribution in [-0.2, 0) is 17.9 Å². The van der Waals surface area contributed by atoms with Crippen molar-refractivity contribution in [3.05, 3.63) is 34.0 Å². The van der Waals surface area contributed by atoms with Crippen LogP contribution in [0.3, 0.4) is 0 Å². The van der Waals surface area contributed by atoms with Crippen molar-refractivity contribution in [2.24, 2.45) is 0 Å². The van der Waals surface area contributed by atoms with Crippen molar-refractivity contribution < 1.29 is 4.79 Å². The molecule has 1 fully saturated rings. The second-order valence-electron chi connectivity index (χ2n) is 7.06. The van der Waals surface area contributed by atoms with E-state index in [-0.39, 0.29) is 12.5 Å². The summed E-state index contributed by atoms with van der Waals surface area (Å²) in [5.41, 5.74) is 2.04. The number of likely N-dealkylation sites (N-methyl/N-ethyl adjacent to an activating group) is 1. The van der Waals surface area contributed by atoms with E-state index in [0.717, 1.165) is 29.5 Å². The summed E-state index contributed by atoms with van der Waals surface area (Å²) in [7, 11) is 1.83. The standard InChI is InChI=1S/C18H27N5OS/c1-13(2)18-20-15(12-25-18)10-22(3)17(24)11-23-8-6-16(21-23)14-5-4-7-19-9-14/h6,8,12-14,19H,4-5,7,9-11H2,1-3H3/t14-/m0/s1. The molecule has 7 heteroatoms. The Bertz CT molecular complexity index is 702. The summed E-state index contributed by atoms with van der Waals surface area (Å²) in [6.07, 6.45) is 4.26. The first-order chi connectivity index (χ1) is 12.0. The fourth-order valence-electron chi connectivity index (χ4n) is 3.04. The molecular formula is C18H27N5OS. The van der Waals surface area contributed by atoms with Crippen molar-refractivity contribution in [1.29, 1.82) is 0 Å². The zero-order valence-electron chi connectivity index (χ0n) is 15.2. The molecular weight excluding hydrogens is 334 g/mol. The van der Waals surface area contributed by atoms with Crippen LogP contribution in [0.25, 0.3) is 0 Å². The minimum Gasteiger partial charge on any atom is -0.338 e. The second kappa shape index (κ2) is 8.10. The van der Waals surface area contributed by atoms with Gasteiger partial charge in [0.05, 0.1) is 22.9 Å². The Morgan fingerprint density at radius 1 is 1.52 bits per heavy atom. The monoisotopic (exact) mass is 361 g/mol. The van der Waals surface area contributed by atoms with Crippen molar-refractivity contribution >= 4 is 17.2 Å². The maximum Gasteiger partial charge on any atom is 0.244 e. The first-order valence-corrected chi connectivity index (χ1v) is 9.83. The fourth-order valence-corrected chi connectivity index (χ4v) is 3.86. The molecule has 0 spiro atoms. The first-order valence-electron chi connectivity index (χ1n) is 8.95. The van der Waals surface area contributed by atoms with Gasteiger partial charge in [0.15, 0.2) is 0 Å². The molecule has 0 saturated carbocycles. The van der Waals surface area contributed by atoms with Crippen LogP contribution in [-0.4, -0.2) is 45.7 Å². The Morgan fingerprint density at radius 3 is 3.04 bits per heavy atom. The zero-order chi connectivity index (χ0) is 17.8. The summed E-state index contributed by atoms with van der Waals surface area (Å²) in [4.78, 5) is 18.8. The van der Waals surface area contributed by atoms with Crippen LogP contribution < -0.4 is 5.32 Å². The average molecular weight is 362 g/mol. The molecule has 6 nitrogen and oxygen atoms in total. The third-order valence-corrected chi connectivity index (χ3v) is 5.76. The molecule has 0 bridgehead atoms. The second-order valence-corrected chi connectivity index (χ2v) is 7.95. The molecule has 136 valence electrons. The van der Waals surface area contributed by atoms with Gasteiger partial charge in [-0.05, 0) is 25.5 Å². The van der Waals surface area contributed by atoms with Crippen LogP contribution >= 0.6 is 11.3 Å². The smallest absolute Gasteiger partial charge is 0.244 e. The van der Waals surface area contributed by atoms with Crippen molar-refractivity contribution in [2.75, 3.05) is 20.1 Å². The Morgan fingerprint density at radius 2 is 2.36 bits per heavy atom. The summed E-state index contributed by atoms with van der Waals surface area (Å²) >= 11 is 1.66. The van der Waals surface area contributed by atoms with Gasteiger partial charge < -0.3 is 10.2 Å². The molecule has 0 aliphatic carbocycles. The van der Waals surface area contributed by atoms with Gasteiger partial charge in [0.2, 0.25) is 5.91 Å². The minimum absolute atomic E-state index is 0.0514. The van der Waals surface area contributed by atoms with Crippen LogP contribution in [0.2, 0.25) is 0 Å². The quantitative estimate of drug-likeness (QED) is 0.859. The molecule has 0 aromatic carbocycles. The highest BCUT2D eigenvalue weighted by Gasteiger charge is 2.19. The predicted molar refractivity (Wildman–Crippen MR) is 99.7 cm³/mol. The van der Waals surface area contributed by atoms with Gasteiger partial charge in [0, 0.05) is 37.0 Å². The lowest BCUT2D eigenvalue weighted by molar-refractivity contribution is -0.131. The van der Waals surface area contributed by atoms with E-state index in [4.69, 9.17) is 0 Å². The highest BCUT2D eigenvalue weighted by Crippen LogP contribution is 2.21. The number of rotatable bonds is 6. The van der Waals surface area contributed by atoms with Crippen molar-refractivity contribution in [3.63, 3.8) is 0 Å². The van der Waals surface area contributed by atoms with Gasteiger partial charge in [-0.15, -0.1) is 11.3 Å². The van der Waals surface area contributed by atoms with E-state index in [1.807, 2.05) is 24.7 Å². The molecule has 3 heterocycles. The lowest BCUT2D eigenvalue weighted by atomic mass is 9.97. The molecule has 1 N–H and O–H groups in total. The van der Waals surface area contributed by atoms with Crippen LogP contribution in [0.5, 0.6) is 0 Å². The topological polar surface area (TPSA) is 63.1 Å². The third-order valence-electron chi connectivity index (χ3n) is 4.56. The maximum atomic E-state index is 12.5. The zero-order valence-corrected chi connectivity index (χ0v) is 16.1. The Balaban J connectivity index is 1.54. The normalized spacial score (nSPS) is 17.8. The minimum atomic E-state index is 0.0514. The van der Waals surface area contributed by atoms with E-state index in [1.54, 1.807) is 20.9 Å². The highest BCUT2D eigenvalue weighted by atomic mass is 32.1.